The highest BCUT2D eigenvalue weighted by atomic mass is 35.5. The van der Waals surface area contributed by atoms with Crippen molar-refractivity contribution in [2.75, 3.05) is 0 Å². The number of carboxylic acids is 2. The first-order valence-electron chi connectivity index (χ1n) is 4.80. The van der Waals surface area contributed by atoms with Crippen LogP contribution in [-0.4, -0.2) is 22.2 Å². The molecule has 0 saturated carbocycles. The molecule has 0 atom stereocenters. The fourth-order valence-corrected chi connectivity index (χ4v) is 2.34. The SMILES string of the molecule is O=C(O)c1ccc2cc(Cl)c(C(=O)O)c(Cl)c2c1. The molecule has 0 saturated heterocycles. The average molecular weight is 285 g/mol. The summed E-state index contributed by atoms with van der Waals surface area (Å²) in [5, 5.41) is 18.8. The number of hydrogen-bond acceptors (Lipinski definition) is 2. The number of carbonyl (C=O) groups is 2. The lowest BCUT2D eigenvalue weighted by molar-refractivity contribution is 0.0687. The van der Waals surface area contributed by atoms with E-state index in [-0.39, 0.29) is 21.2 Å². The molecule has 92 valence electrons. The Morgan fingerprint density at radius 3 is 2.22 bits per heavy atom. The Morgan fingerprint density at radius 1 is 1.00 bits per heavy atom. The molecule has 0 bridgehead atoms. The molecule has 0 fully saturated rings. The summed E-state index contributed by atoms with van der Waals surface area (Å²) < 4.78 is 0. The Labute approximate surface area is 111 Å². The van der Waals surface area contributed by atoms with Crippen molar-refractivity contribution in [1.82, 2.24) is 0 Å². The lowest BCUT2D eigenvalue weighted by atomic mass is 10.0. The van der Waals surface area contributed by atoms with Crippen LogP contribution in [0.2, 0.25) is 10.0 Å². The van der Waals surface area contributed by atoms with Gasteiger partial charge in [-0.3, -0.25) is 0 Å². The van der Waals surface area contributed by atoms with E-state index in [0.717, 1.165) is 0 Å². The van der Waals surface area contributed by atoms with Gasteiger partial charge in [0.1, 0.15) is 0 Å². The monoisotopic (exact) mass is 284 g/mol. The van der Waals surface area contributed by atoms with Crippen LogP contribution < -0.4 is 0 Å². The molecule has 0 unspecified atom stereocenters. The number of hydrogen-bond donors (Lipinski definition) is 2. The van der Waals surface area contributed by atoms with Crippen LogP contribution in [-0.2, 0) is 0 Å². The highest BCUT2D eigenvalue weighted by Gasteiger charge is 2.17. The smallest absolute Gasteiger partial charge is 0.338 e. The van der Waals surface area contributed by atoms with E-state index in [9.17, 15) is 9.59 Å². The largest absolute Gasteiger partial charge is 0.478 e. The molecule has 0 spiro atoms. The molecule has 2 rings (SSSR count). The van der Waals surface area contributed by atoms with Crippen molar-refractivity contribution in [3.05, 3.63) is 45.4 Å². The summed E-state index contributed by atoms with van der Waals surface area (Å²) in [6.07, 6.45) is 0. The zero-order valence-corrected chi connectivity index (χ0v) is 10.3. The second-order valence-electron chi connectivity index (χ2n) is 3.59. The Bertz CT molecular complexity index is 679. The summed E-state index contributed by atoms with van der Waals surface area (Å²) in [5.74, 6) is -2.37. The topological polar surface area (TPSA) is 74.6 Å². The molecule has 0 amide bonds. The minimum absolute atomic E-state index is 0.0167. The van der Waals surface area contributed by atoms with Crippen molar-refractivity contribution in [1.29, 1.82) is 0 Å². The minimum Gasteiger partial charge on any atom is -0.478 e. The van der Waals surface area contributed by atoms with Gasteiger partial charge in [0.25, 0.3) is 0 Å². The molecule has 0 aromatic heterocycles. The van der Waals surface area contributed by atoms with Crippen molar-refractivity contribution in [2.45, 2.75) is 0 Å². The lowest BCUT2D eigenvalue weighted by Crippen LogP contribution is -2.01. The molecular weight excluding hydrogens is 279 g/mol. The van der Waals surface area contributed by atoms with Crippen molar-refractivity contribution in [3.8, 4) is 0 Å². The van der Waals surface area contributed by atoms with Gasteiger partial charge >= 0.3 is 11.9 Å². The van der Waals surface area contributed by atoms with Gasteiger partial charge in [0.15, 0.2) is 0 Å². The molecule has 4 nitrogen and oxygen atoms in total. The van der Waals surface area contributed by atoms with Crippen LogP contribution in [0.25, 0.3) is 10.8 Å². The lowest BCUT2D eigenvalue weighted by Gasteiger charge is -2.07. The molecule has 2 aromatic rings. The van der Waals surface area contributed by atoms with E-state index < -0.39 is 11.9 Å². The Hall–Kier alpha value is -1.78. The first-order chi connectivity index (χ1) is 8.41. The molecule has 0 heterocycles. The van der Waals surface area contributed by atoms with Gasteiger partial charge in [0.2, 0.25) is 0 Å². The van der Waals surface area contributed by atoms with E-state index in [0.29, 0.717) is 10.8 Å². The first kappa shape index (κ1) is 12.7. The maximum absolute atomic E-state index is 11.0. The van der Waals surface area contributed by atoms with E-state index in [1.54, 1.807) is 0 Å². The Kier molecular flexibility index (Phi) is 3.15. The molecule has 0 aliphatic carbocycles. The van der Waals surface area contributed by atoms with Gasteiger partial charge in [-0.05, 0) is 23.6 Å². The predicted molar refractivity (Wildman–Crippen MR) is 67.9 cm³/mol. The van der Waals surface area contributed by atoms with Gasteiger partial charge in [-0.25, -0.2) is 9.59 Å². The number of halogens is 2. The fourth-order valence-electron chi connectivity index (χ4n) is 1.65. The second-order valence-corrected chi connectivity index (χ2v) is 4.38. The van der Waals surface area contributed by atoms with Crippen molar-refractivity contribution in [2.24, 2.45) is 0 Å². The van der Waals surface area contributed by atoms with Gasteiger partial charge in [-0.1, -0.05) is 29.3 Å². The van der Waals surface area contributed by atoms with Gasteiger partial charge in [0.05, 0.1) is 21.2 Å². The third kappa shape index (κ3) is 2.00. The zero-order valence-electron chi connectivity index (χ0n) is 8.78. The quantitative estimate of drug-likeness (QED) is 0.884. The molecule has 2 N–H and O–H groups in total. The van der Waals surface area contributed by atoms with Gasteiger partial charge < -0.3 is 10.2 Å². The molecule has 0 radical (unpaired) electrons. The van der Waals surface area contributed by atoms with Crippen LogP contribution in [0, 0.1) is 0 Å². The number of rotatable bonds is 2. The number of carboxylic acid groups (broad SMARTS) is 2. The summed E-state index contributed by atoms with van der Waals surface area (Å²) in [5.41, 5.74) is -0.198. The molecule has 6 heteroatoms. The highest BCUT2D eigenvalue weighted by Crippen LogP contribution is 2.33. The highest BCUT2D eigenvalue weighted by molar-refractivity contribution is 6.43. The van der Waals surface area contributed by atoms with Crippen LogP contribution in [0.5, 0.6) is 0 Å². The molecule has 0 aliphatic rings. The molecular formula is C12H6Cl2O4. The minimum atomic E-state index is -1.26. The molecule has 18 heavy (non-hydrogen) atoms. The van der Waals surface area contributed by atoms with Crippen LogP contribution in [0.15, 0.2) is 24.3 Å². The third-order valence-corrected chi connectivity index (χ3v) is 3.18. The van der Waals surface area contributed by atoms with E-state index in [2.05, 4.69) is 0 Å². The van der Waals surface area contributed by atoms with Gasteiger partial charge in [-0.2, -0.15) is 0 Å². The second kappa shape index (κ2) is 4.48. The van der Waals surface area contributed by atoms with E-state index in [1.807, 2.05) is 0 Å². The van der Waals surface area contributed by atoms with Crippen LogP contribution in [0.3, 0.4) is 0 Å². The van der Waals surface area contributed by atoms with Crippen LogP contribution in [0.4, 0.5) is 0 Å². The van der Waals surface area contributed by atoms with E-state index in [4.69, 9.17) is 33.4 Å². The Balaban J connectivity index is 2.85. The standard InChI is InChI=1S/C12H6Cl2O4/c13-8-4-5-1-2-6(11(15)16)3-7(5)10(14)9(8)12(17)18/h1-4H,(H,15,16)(H,17,18). The van der Waals surface area contributed by atoms with E-state index in [1.165, 1.54) is 24.3 Å². The van der Waals surface area contributed by atoms with Crippen molar-refractivity contribution < 1.29 is 19.8 Å². The summed E-state index contributed by atoms with van der Waals surface area (Å²) in [7, 11) is 0. The third-order valence-electron chi connectivity index (χ3n) is 2.49. The molecule has 2 aromatic carbocycles. The maximum Gasteiger partial charge on any atom is 0.338 e. The predicted octanol–water partition coefficient (Wildman–Crippen LogP) is 3.54. The van der Waals surface area contributed by atoms with Crippen molar-refractivity contribution >= 4 is 45.9 Å². The zero-order chi connectivity index (χ0) is 13.4. The van der Waals surface area contributed by atoms with E-state index >= 15 is 0 Å². The number of fused-ring (bicyclic) bond motifs is 1. The summed E-state index contributed by atoms with van der Waals surface area (Å²) in [6.45, 7) is 0. The number of aromatic carboxylic acids is 2. The van der Waals surface area contributed by atoms with Crippen LogP contribution >= 0.6 is 23.2 Å². The van der Waals surface area contributed by atoms with Crippen molar-refractivity contribution in [3.63, 3.8) is 0 Å². The Morgan fingerprint density at radius 2 is 1.67 bits per heavy atom. The summed E-state index contributed by atoms with van der Waals surface area (Å²) in [4.78, 5) is 21.9. The van der Waals surface area contributed by atoms with Gasteiger partial charge in [-0.15, -0.1) is 0 Å². The molecule has 0 aliphatic heterocycles. The first-order valence-corrected chi connectivity index (χ1v) is 5.55. The summed E-state index contributed by atoms with van der Waals surface area (Å²) in [6, 6.07) is 5.70. The number of benzene rings is 2. The van der Waals surface area contributed by atoms with Crippen LogP contribution in [0.1, 0.15) is 20.7 Å². The maximum atomic E-state index is 11.0. The van der Waals surface area contributed by atoms with Gasteiger partial charge in [0, 0.05) is 5.39 Å². The average Bonchev–Trinajstić information content (AvgIpc) is 2.27. The normalized spacial score (nSPS) is 10.6. The fraction of sp³-hybridized carbons (Fsp3) is 0. The summed E-state index contributed by atoms with van der Waals surface area (Å²) >= 11 is 11.8.